The van der Waals surface area contributed by atoms with Crippen LogP contribution < -0.4 is 5.32 Å². The largest absolute Gasteiger partial charge is 0.316 e. The molecule has 1 aliphatic carbocycles. The van der Waals surface area contributed by atoms with Crippen molar-refractivity contribution in [3.05, 3.63) is 45.3 Å². The highest BCUT2D eigenvalue weighted by Crippen LogP contribution is 2.44. The third kappa shape index (κ3) is 5.17. The Balaban J connectivity index is 1.45. The number of nitriles is 1. The molecule has 1 aliphatic rings. The van der Waals surface area contributed by atoms with E-state index in [0.717, 1.165) is 36.2 Å². The number of anilines is 1. The fourth-order valence-corrected chi connectivity index (χ4v) is 6.54. The summed E-state index contributed by atoms with van der Waals surface area (Å²) in [6.45, 7) is 9.52. The van der Waals surface area contributed by atoms with Gasteiger partial charge < -0.3 is 9.88 Å². The Morgan fingerprint density at radius 3 is 2.71 bits per heavy atom. The van der Waals surface area contributed by atoms with E-state index in [0.29, 0.717) is 33.2 Å². The molecular weight excluding hydrogens is 486 g/mol. The van der Waals surface area contributed by atoms with Gasteiger partial charge in [-0.15, -0.1) is 21.5 Å². The molecule has 1 aromatic carbocycles. The van der Waals surface area contributed by atoms with Gasteiger partial charge in [-0.1, -0.05) is 44.1 Å². The van der Waals surface area contributed by atoms with Crippen molar-refractivity contribution in [2.75, 3.05) is 11.1 Å². The molecule has 2 aromatic heterocycles. The number of hydrogen-bond donors (Lipinski definition) is 1. The SMILES string of the molecule is CCn1c(SCC(=O)Nc2sc3c(c2C#N)CC[C@@H](C(C)(C)C)C3)nnc1-c1ccc(Cl)cc1. The van der Waals surface area contributed by atoms with Crippen LogP contribution in [-0.2, 0) is 24.2 Å². The minimum atomic E-state index is -0.147. The zero-order valence-corrected chi connectivity index (χ0v) is 22.2. The van der Waals surface area contributed by atoms with E-state index in [1.807, 2.05) is 35.8 Å². The van der Waals surface area contributed by atoms with Crippen LogP contribution >= 0.6 is 34.7 Å². The molecule has 0 radical (unpaired) electrons. The number of fused-ring (bicyclic) bond motifs is 1. The lowest BCUT2D eigenvalue weighted by Gasteiger charge is -2.33. The zero-order chi connectivity index (χ0) is 24.5. The summed E-state index contributed by atoms with van der Waals surface area (Å²) < 4.78 is 1.98. The summed E-state index contributed by atoms with van der Waals surface area (Å²) in [5.41, 5.74) is 2.91. The topological polar surface area (TPSA) is 83.6 Å². The smallest absolute Gasteiger partial charge is 0.235 e. The number of aromatic nitrogens is 3. The van der Waals surface area contributed by atoms with Gasteiger partial charge in [0.15, 0.2) is 11.0 Å². The van der Waals surface area contributed by atoms with Gasteiger partial charge in [0.1, 0.15) is 11.1 Å². The van der Waals surface area contributed by atoms with Gasteiger partial charge in [-0.3, -0.25) is 4.79 Å². The minimum absolute atomic E-state index is 0.147. The molecular formula is C25H28ClN5OS2. The molecule has 9 heteroatoms. The molecule has 6 nitrogen and oxygen atoms in total. The molecule has 1 N–H and O–H groups in total. The number of nitrogens with zero attached hydrogens (tertiary/aromatic N) is 4. The Labute approximate surface area is 213 Å². The first-order valence-electron chi connectivity index (χ1n) is 11.4. The van der Waals surface area contributed by atoms with Gasteiger partial charge in [-0.25, -0.2) is 0 Å². The Bertz CT molecular complexity index is 1230. The number of rotatable bonds is 6. The summed E-state index contributed by atoms with van der Waals surface area (Å²) in [7, 11) is 0. The molecule has 0 saturated carbocycles. The summed E-state index contributed by atoms with van der Waals surface area (Å²) in [5, 5.41) is 23.4. The molecule has 0 fully saturated rings. The standard InChI is InChI=1S/C25H28ClN5OS2/c1-5-31-22(15-6-9-17(26)10-7-15)29-30-24(31)33-14-21(32)28-23-19(13-27)18-11-8-16(25(2,3)4)12-20(18)34-23/h6-7,9-10,16H,5,8,11-12,14H2,1-4H3,(H,28,32)/t16-/m1/s1. The third-order valence-corrected chi connectivity index (χ3v) is 8.71. The molecule has 0 unspecified atom stereocenters. The number of halogens is 1. The maximum Gasteiger partial charge on any atom is 0.235 e. The number of amides is 1. The second kappa shape index (κ2) is 10.1. The molecule has 0 spiro atoms. The molecule has 1 amide bonds. The monoisotopic (exact) mass is 513 g/mol. The molecule has 0 saturated heterocycles. The maximum atomic E-state index is 12.8. The molecule has 3 aromatic rings. The number of thioether (sulfide) groups is 1. The van der Waals surface area contributed by atoms with Gasteiger partial charge in [0.25, 0.3) is 0 Å². The van der Waals surface area contributed by atoms with E-state index >= 15 is 0 Å². The summed E-state index contributed by atoms with van der Waals surface area (Å²) >= 11 is 8.90. The highest BCUT2D eigenvalue weighted by Gasteiger charge is 2.32. The molecule has 0 aliphatic heterocycles. The second-order valence-corrected chi connectivity index (χ2v) is 12.0. The number of nitrogens with one attached hydrogen (secondary N) is 1. The van der Waals surface area contributed by atoms with Crippen LogP contribution in [0.4, 0.5) is 5.00 Å². The first kappa shape index (κ1) is 24.8. The molecule has 178 valence electrons. The van der Waals surface area contributed by atoms with Gasteiger partial charge in [0, 0.05) is 22.0 Å². The Morgan fingerprint density at radius 2 is 2.06 bits per heavy atom. The normalized spacial score (nSPS) is 15.6. The van der Waals surface area contributed by atoms with Crippen molar-refractivity contribution < 1.29 is 4.79 Å². The van der Waals surface area contributed by atoms with E-state index < -0.39 is 0 Å². The van der Waals surface area contributed by atoms with Crippen LogP contribution in [0, 0.1) is 22.7 Å². The third-order valence-electron chi connectivity index (χ3n) is 6.32. The fourth-order valence-electron chi connectivity index (χ4n) is 4.32. The van der Waals surface area contributed by atoms with Crippen molar-refractivity contribution in [2.24, 2.45) is 11.3 Å². The quantitative estimate of drug-likeness (QED) is 0.384. The Morgan fingerprint density at radius 1 is 1.32 bits per heavy atom. The van der Waals surface area contributed by atoms with Crippen LogP contribution in [0.2, 0.25) is 5.02 Å². The van der Waals surface area contributed by atoms with E-state index in [1.165, 1.54) is 16.6 Å². The summed E-state index contributed by atoms with van der Waals surface area (Å²) in [6.07, 6.45) is 2.94. The lowest BCUT2D eigenvalue weighted by Crippen LogP contribution is -2.26. The number of carbonyl (C=O) groups excluding carboxylic acids is 1. The minimum Gasteiger partial charge on any atom is -0.316 e. The van der Waals surface area contributed by atoms with Crippen LogP contribution in [0.5, 0.6) is 0 Å². The number of thiophene rings is 1. The van der Waals surface area contributed by atoms with Gasteiger partial charge in [-0.05, 0) is 67.3 Å². The zero-order valence-electron chi connectivity index (χ0n) is 19.8. The number of benzene rings is 1. The summed E-state index contributed by atoms with van der Waals surface area (Å²) in [4.78, 5) is 14.0. The van der Waals surface area contributed by atoms with Gasteiger partial charge >= 0.3 is 0 Å². The molecule has 1 atom stereocenters. The first-order chi connectivity index (χ1) is 16.2. The fraction of sp³-hybridized carbons (Fsp3) is 0.440. The van der Waals surface area contributed by atoms with Crippen LogP contribution in [0.3, 0.4) is 0 Å². The van der Waals surface area contributed by atoms with Crippen molar-refractivity contribution in [3.63, 3.8) is 0 Å². The predicted molar refractivity (Wildman–Crippen MR) is 139 cm³/mol. The van der Waals surface area contributed by atoms with Crippen molar-refractivity contribution in [1.82, 2.24) is 14.8 Å². The van der Waals surface area contributed by atoms with Crippen LogP contribution in [-0.4, -0.2) is 26.4 Å². The van der Waals surface area contributed by atoms with E-state index in [9.17, 15) is 10.1 Å². The maximum absolute atomic E-state index is 12.8. The second-order valence-electron chi connectivity index (χ2n) is 9.52. The number of hydrogen-bond acceptors (Lipinski definition) is 6. The highest BCUT2D eigenvalue weighted by molar-refractivity contribution is 7.99. The van der Waals surface area contributed by atoms with E-state index in [4.69, 9.17) is 11.6 Å². The lowest BCUT2D eigenvalue weighted by atomic mass is 9.72. The molecule has 34 heavy (non-hydrogen) atoms. The summed E-state index contributed by atoms with van der Waals surface area (Å²) in [6, 6.07) is 9.80. The predicted octanol–water partition coefficient (Wildman–Crippen LogP) is 6.43. The van der Waals surface area contributed by atoms with Gasteiger partial charge in [0.2, 0.25) is 5.91 Å². The lowest BCUT2D eigenvalue weighted by molar-refractivity contribution is -0.113. The average Bonchev–Trinajstić information content (AvgIpc) is 3.37. The van der Waals surface area contributed by atoms with Crippen molar-refractivity contribution in [1.29, 1.82) is 5.26 Å². The van der Waals surface area contributed by atoms with Crippen molar-refractivity contribution in [3.8, 4) is 17.5 Å². The Kier molecular flexibility index (Phi) is 7.36. The van der Waals surface area contributed by atoms with Crippen LogP contribution in [0.1, 0.15) is 50.1 Å². The van der Waals surface area contributed by atoms with Crippen molar-refractivity contribution >= 4 is 45.6 Å². The van der Waals surface area contributed by atoms with Crippen molar-refractivity contribution in [2.45, 2.75) is 58.7 Å². The van der Waals surface area contributed by atoms with E-state index in [-0.39, 0.29) is 17.1 Å². The molecule has 2 heterocycles. The van der Waals surface area contributed by atoms with E-state index in [1.54, 1.807) is 11.3 Å². The summed E-state index contributed by atoms with van der Waals surface area (Å²) in [5.74, 6) is 1.37. The Hall–Kier alpha value is -2.34. The van der Waals surface area contributed by atoms with E-state index in [2.05, 4.69) is 42.4 Å². The van der Waals surface area contributed by atoms with Crippen LogP contribution in [0.25, 0.3) is 11.4 Å². The molecule has 4 rings (SSSR count). The highest BCUT2D eigenvalue weighted by atomic mass is 35.5. The van der Waals surface area contributed by atoms with Crippen LogP contribution in [0.15, 0.2) is 29.4 Å². The van der Waals surface area contributed by atoms with Gasteiger partial charge in [0.05, 0.1) is 11.3 Å². The first-order valence-corrected chi connectivity index (χ1v) is 13.6. The number of carbonyl (C=O) groups is 1. The average molecular weight is 514 g/mol. The van der Waals surface area contributed by atoms with Gasteiger partial charge in [-0.2, -0.15) is 5.26 Å². The molecule has 0 bridgehead atoms.